The molecule has 0 spiro atoms. The third-order valence-electron chi connectivity index (χ3n) is 9.10. The summed E-state index contributed by atoms with van der Waals surface area (Å²) in [5, 5.41) is 13.9. The first-order valence-corrected chi connectivity index (χ1v) is 16.6. The maximum absolute atomic E-state index is 12.8. The Morgan fingerprint density at radius 1 is 0.940 bits per heavy atom. The van der Waals surface area contributed by atoms with Gasteiger partial charge >= 0.3 is 6.09 Å². The van der Waals surface area contributed by atoms with Crippen LogP contribution in [0.5, 0.6) is 0 Å². The predicted octanol–water partition coefficient (Wildman–Crippen LogP) is 5.89. The number of alkyl carbamates (subject to hydrolysis) is 1. The van der Waals surface area contributed by atoms with Gasteiger partial charge in [0, 0.05) is 18.7 Å². The number of H-pyrrole nitrogens is 2. The van der Waals surface area contributed by atoms with Gasteiger partial charge in [-0.05, 0) is 64.8 Å². The molecule has 0 radical (unpaired) electrons. The quantitative estimate of drug-likeness (QED) is 0.124. The van der Waals surface area contributed by atoms with Gasteiger partial charge in [0.1, 0.15) is 18.2 Å². The molecule has 0 bridgehead atoms. The van der Waals surface area contributed by atoms with E-state index in [9.17, 15) is 19.6 Å². The number of imidazole rings is 2. The molecule has 3 aromatic carbocycles. The summed E-state index contributed by atoms with van der Waals surface area (Å²) in [6.07, 6.45) is 6.08. The number of hydrogen-bond donors (Lipinski definition) is 3. The molecule has 0 saturated heterocycles. The highest BCUT2D eigenvalue weighted by molar-refractivity contribution is 5.90. The molecule has 50 heavy (non-hydrogen) atoms. The molecule has 256 valence electrons. The van der Waals surface area contributed by atoms with Gasteiger partial charge in [-0.1, -0.05) is 55.5 Å². The number of nitrogens with zero attached hydrogens (tertiary/aromatic N) is 5. The van der Waals surface area contributed by atoms with Crippen molar-refractivity contribution in [2.75, 3.05) is 26.7 Å². The second-order valence-electron chi connectivity index (χ2n) is 13.3. The lowest BCUT2D eigenvalue weighted by Crippen LogP contribution is -2.41. The lowest BCUT2D eigenvalue weighted by atomic mass is 9.98. The average Bonchev–Trinajstić information content (AvgIpc) is 3.46. The van der Waals surface area contributed by atoms with E-state index in [2.05, 4.69) is 97.6 Å². The fourth-order valence-electron chi connectivity index (χ4n) is 5.94. The van der Waals surface area contributed by atoms with Gasteiger partial charge in [0.25, 0.3) is 0 Å². The van der Waals surface area contributed by atoms with Gasteiger partial charge in [-0.15, -0.1) is 0 Å². The number of nitrogens with one attached hydrogen (secondary N) is 3. The summed E-state index contributed by atoms with van der Waals surface area (Å²) in [6, 6.07) is 23.0. The normalized spacial score (nSPS) is 13.6. The van der Waals surface area contributed by atoms with Crippen LogP contribution < -0.4 is 5.32 Å². The van der Waals surface area contributed by atoms with Crippen LogP contribution in [0.1, 0.15) is 38.3 Å². The number of aromatic amines is 2. The number of amides is 3. The van der Waals surface area contributed by atoms with Gasteiger partial charge in [-0.3, -0.25) is 9.59 Å². The Balaban J connectivity index is 1.11. The van der Waals surface area contributed by atoms with Crippen molar-refractivity contribution in [2.45, 2.75) is 39.8 Å². The molecule has 2 heterocycles. The Morgan fingerprint density at radius 3 is 2.14 bits per heavy atom. The highest BCUT2D eigenvalue weighted by atomic mass is 16.5. The van der Waals surface area contributed by atoms with Crippen molar-refractivity contribution in [2.24, 2.45) is 11.3 Å². The van der Waals surface area contributed by atoms with E-state index in [4.69, 9.17) is 0 Å². The Morgan fingerprint density at radius 2 is 1.52 bits per heavy atom. The van der Waals surface area contributed by atoms with Crippen LogP contribution >= 0.6 is 0 Å². The number of rotatable bonds is 14. The molecule has 12 nitrogen and oxygen atoms in total. The van der Waals surface area contributed by atoms with Crippen LogP contribution in [0.4, 0.5) is 4.79 Å². The van der Waals surface area contributed by atoms with E-state index in [1.165, 1.54) is 12.0 Å². The Bertz CT molecular complexity index is 2040. The van der Waals surface area contributed by atoms with Crippen molar-refractivity contribution < 1.29 is 19.1 Å². The van der Waals surface area contributed by atoms with Crippen molar-refractivity contribution in [1.82, 2.24) is 35.1 Å². The summed E-state index contributed by atoms with van der Waals surface area (Å²) >= 11 is 0. The monoisotopic (exact) mass is 672 g/mol. The summed E-state index contributed by atoms with van der Waals surface area (Å²) < 4.78 is 4.55. The summed E-state index contributed by atoms with van der Waals surface area (Å²) in [7, 11) is 1.23. The van der Waals surface area contributed by atoms with Crippen LogP contribution in [0.25, 0.3) is 44.4 Å². The van der Waals surface area contributed by atoms with E-state index in [1.807, 2.05) is 12.3 Å². The number of ether oxygens (including phenoxy) is 1. The highest BCUT2D eigenvalue weighted by Crippen LogP contribution is 2.45. The molecular formula is C38H40N8O4. The van der Waals surface area contributed by atoms with Crippen LogP contribution in [-0.4, -0.2) is 74.9 Å². The van der Waals surface area contributed by atoms with Crippen molar-refractivity contribution in [1.29, 1.82) is 5.26 Å². The molecule has 6 rings (SSSR count). The molecule has 1 saturated carbocycles. The van der Waals surface area contributed by atoms with E-state index in [-0.39, 0.29) is 31.0 Å². The van der Waals surface area contributed by atoms with Gasteiger partial charge in [-0.2, -0.15) is 5.26 Å². The standard InChI is InChI=1S/C38H40N8O4/c1-25(16-39)20-46(36(48)19-42-37(49)50-3)22-35-41-18-33(44-35)31-11-10-29-14-28(8-9-30(29)15-31)26-4-6-27(7-5-26)32-17-40-34(43-32)21-45(24-47)23-38(2)12-13-38/h4-11,14-15,17-18,24-25H,12-13,19-23H2,1-3H3,(H,40,43)(H,41,44)(H,42,49)/t25-/m1/s1. The van der Waals surface area contributed by atoms with Gasteiger partial charge < -0.3 is 29.8 Å². The Labute approximate surface area is 290 Å². The molecule has 3 N–H and O–H groups in total. The first-order valence-electron chi connectivity index (χ1n) is 16.6. The van der Waals surface area contributed by atoms with Crippen molar-refractivity contribution in [3.05, 3.63) is 84.7 Å². The molecule has 0 unspecified atom stereocenters. The minimum absolute atomic E-state index is 0.156. The molecule has 1 aliphatic carbocycles. The molecule has 1 aliphatic rings. The van der Waals surface area contributed by atoms with Crippen molar-refractivity contribution >= 4 is 29.2 Å². The minimum atomic E-state index is -0.703. The fourth-order valence-corrected chi connectivity index (χ4v) is 5.94. The number of fused-ring (bicyclic) bond motifs is 1. The number of aromatic nitrogens is 4. The molecule has 0 aliphatic heterocycles. The topological polar surface area (TPSA) is 160 Å². The zero-order valence-corrected chi connectivity index (χ0v) is 28.4. The van der Waals surface area contributed by atoms with Gasteiger partial charge in [-0.25, -0.2) is 14.8 Å². The lowest BCUT2D eigenvalue weighted by Gasteiger charge is -2.22. The first-order chi connectivity index (χ1) is 24.1. The van der Waals surface area contributed by atoms with Crippen LogP contribution in [0.3, 0.4) is 0 Å². The number of methoxy groups -OCH3 is 1. The fraction of sp³-hybridized carbons (Fsp3) is 0.316. The zero-order chi connectivity index (χ0) is 35.3. The second kappa shape index (κ2) is 14.7. The summed E-state index contributed by atoms with van der Waals surface area (Å²) in [6.45, 7) is 5.27. The number of hydrogen-bond acceptors (Lipinski definition) is 7. The van der Waals surface area contributed by atoms with E-state index in [0.717, 1.165) is 76.0 Å². The zero-order valence-electron chi connectivity index (χ0n) is 28.4. The van der Waals surface area contributed by atoms with E-state index >= 15 is 0 Å². The van der Waals surface area contributed by atoms with Crippen LogP contribution in [0.15, 0.2) is 73.1 Å². The molecule has 3 amide bonds. The lowest BCUT2D eigenvalue weighted by molar-refractivity contribution is -0.131. The SMILES string of the molecule is COC(=O)NCC(=O)N(Cc1ncc(-c2ccc3cc(-c4ccc(-c5cnc(CN(C=O)CC6(C)CC6)[nH]5)cc4)ccc3c2)[nH]1)C[C@H](C)C#N. The van der Waals surface area contributed by atoms with E-state index in [1.54, 1.807) is 18.0 Å². The molecule has 12 heteroatoms. The maximum Gasteiger partial charge on any atom is 0.407 e. The maximum atomic E-state index is 12.8. The van der Waals surface area contributed by atoms with Gasteiger partial charge in [0.15, 0.2) is 0 Å². The first kappa shape index (κ1) is 33.9. The van der Waals surface area contributed by atoms with Gasteiger partial charge in [0.05, 0.1) is 56.0 Å². The number of nitriles is 1. The predicted molar refractivity (Wildman–Crippen MR) is 189 cm³/mol. The average molecular weight is 673 g/mol. The smallest absolute Gasteiger partial charge is 0.407 e. The summed E-state index contributed by atoms with van der Waals surface area (Å²) in [4.78, 5) is 54.9. The van der Waals surface area contributed by atoms with Gasteiger partial charge in [0.2, 0.25) is 12.3 Å². The van der Waals surface area contributed by atoms with Crippen molar-refractivity contribution in [3.8, 4) is 39.7 Å². The molecular weight excluding hydrogens is 632 g/mol. The molecule has 2 aromatic heterocycles. The summed E-state index contributed by atoms with van der Waals surface area (Å²) in [5.41, 5.74) is 6.12. The molecule has 1 fully saturated rings. The van der Waals surface area contributed by atoms with Crippen LogP contribution in [0, 0.1) is 22.7 Å². The van der Waals surface area contributed by atoms with Crippen molar-refractivity contribution in [3.63, 3.8) is 0 Å². The van der Waals surface area contributed by atoms with Crippen LogP contribution in [-0.2, 0) is 27.4 Å². The molecule has 5 aromatic rings. The Kier molecular flexibility index (Phi) is 9.94. The minimum Gasteiger partial charge on any atom is -0.453 e. The third kappa shape index (κ3) is 8.18. The Hall–Kier alpha value is -5.96. The van der Waals surface area contributed by atoms with E-state index < -0.39 is 12.0 Å². The number of carbonyl (C=O) groups excluding carboxylic acids is 3. The van der Waals surface area contributed by atoms with Crippen LogP contribution in [0.2, 0.25) is 0 Å². The largest absolute Gasteiger partial charge is 0.453 e. The highest BCUT2D eigenvalue weighted by Gasteiger charge is 2.38. The second-order valence-corrected chi connectivity index (χ2v) is 13.3. The number of carbonyl (C=O) groups is 3. The summed E-state index contributed by atoms with van der Waals surface area (Å²) in [5.74, 6) is 0.588. The number of benzene rings is 3. The third-order valence-corrected chi connectivity index (χ3v) is 9.10. The van der Waals surface area contributed by atoms with E-state index in [0.29, 0.717) is 12.4 Å². The molecule has 1 atom stereocenters.